The number of carbonyl (C=O) groups is 2. The van der Waals surface area contributed by atoms with E-state index < -0.39 is 11.9 Å². The maximum Gasteiger partial charge on any atom is 0.261 e. The number of hydrogen-bond donors (Lipinski definition) is 2. The number of anilines is 4. The number of rotatable bonds is 9. The van der Waals surface area contributed by atoms with Crippen LogP contribution in [-0.4, -0.2) is 97.0 Å². The Hall–Kier alpha value is -6.50. The van der Waals surface area contributed by atoms with E-state index in [0.29, 0.717) is 118 Å². The quantitative estimate of drug-likeness (QED) is 0.150. The fraction of sp³-hybridized carbons (Fsp3) is 0.190. The molecular weight excluding hydrogens is 840 g/mol. The third-order valence-corrected chi connectivity index (χ3v) is 11.7. The molecule has 0 spiro atoms. The van der Waals surface area contributed by atoms with E-state index in [9.17, 15) is 9.59 Å². The smallest absolute Gasteiger partial charge is 0.261 e. The molecule has 2 N–H and O–H groups in total. The van der Waals surface area contributed by atoms with Crippen LogP contribution in [0, 0.1) is 0 Å². The molecule has 6 aromatic heterocycles. The molecule has 8 heterocycles. The molecule has 8 aromatic rings. The van der Waals surface area contributed by atoms with Gasteiger partial charge in [-0.1, -0.05) is 53.5 Å². The third-order valence-electron chi connectivity index (χ3n) is 10.3. The molecule has 2 aromatic carbocycles. The second-order valence-corrected chi connectivity index (χ2v) is 15.9. The lowest BCUT2D eigenvalue weighted by molar-refractivity contribution is 0.0926. The van der Waals surface area contributed by atoms with Gasteiger partial charge in [0.25, 0.3) is 11.8 Å². The van der Waals surface area contributed by atoms with Crippen LogP contribution in [0.4, 0.5) is 22.5 Å². The predicted octanol–water partition coefficient (Wildman–Crippen LogP) is 7.18. The Kier molecular flexibility index (Phi) is 10.5. The van der Waals surface area contributed by atoms with Crippen molar-refractivity contribution in [1.82, 2.24) is 39.2 Å². The maximum absolute atomic E-state index is 14.2. The summed E-state index contributed by atoms with van der Waals surface area (Å²) in [5.41, 5.74) is 5.23. The minimum Gasteiger partial charge on any atom is -0.378 e. The van der Waals surface area contributed by atoms with Crippen molar-refractivity contribution in [2.24, 2.45) is 0 Å². The fourth-order valence-corrected chi connectivity index (χ4v) is 8.53. The molecule has 1 unspecified atom stereocenters. The molecule has 61 heavy (non-hydrogen) atoms. The topological polar surface area (TPSA) is 169 Å². The molecule has 19 heteroatoms. The molecule has 0 saturated carbocycles. The Morgan fingerprint density at radius 2 is 1.49 bits per heavy atom. The average molecular weight is 874 g/mol. The summed E-state index contributed by atoms with van der Waals surface area (Å²) in [4.78, 5) is 51.0. The number of pyridine rings is 1. The monoisotopic (exact) mass is 872 g/mol. The van der Waals surface area contributed by atoms with Gasteiger partial charge in [0.15, 0.2) is 28.1 Å². The number of amides is 2. The minimum absolute atomic E-state index is 0.290. The van der Waals surface area contributed by atoms with Gasteiger partial charge in [-0.25, -0.2) is 24.0 Å². The van der Waals surface area contributed by atoms with Gasteiger partial charge in [-0.15, -0.1) is 21.5 Å². The number of morpholine rings is 2. The highest BCUT2D eigenvalue weighted by Crippen LogP contribution is 2.34. The van der Waals surface area contributed by atoms with Gasteiger partial charge in [0.2, 0.25) is 0 Å². The van der Waals surface area contributed by atoms with Gasteiger partial charge in [-0.05, 0) is 42.5 Å². The van der Waals surface area contributed by atoms with Crippen LogP contribution >= 0.6 is 34.5 Å². The van der Waals surface area contributed by atoms with E-state index in [0.717, 1.165) is 11.1 Å². The summed E-state index contributed by atoms with van der Waals surface area (Å²) in [5.74, 6) is 0.346. The van der Waals surface area contributed by atoms with Crippen LogP contribution in [0.1, 0.15) is 32.5 Å². The molecule has 0 radical (unpaired) electrons. The lowest BCUT2D eigenvalue weighted by Gasteiger charge is -2.35. The van der Waals surface area contributed by atoms with Crippen molar-refractivity contribution < 1.29 is 19.1 Å². The van der Waals surface area contributed by atoms with E-state index >= 15 is 0 Å². The third kappa shape index (κ3) is 7.84. The number of carbonyl (C=O) groups excluding carboxylic acids is 2. The zero-order valence-corrected chi connectivity index (χ0v) is 34.4. The summed E-state index contributed by atoms with van der Waals surface area (Å²) >= 11 is 14.2. The number of thiazole rings is 1. The van der Waals surface area contributed by atoms with Gasteiger partial charge in [0, 0.05) is 47.4 Å². The molecule has 2 fully saturated rings. The van der Waals surface area contributed by atoms with Crippen molar-refractivity contribution in [2.45, 2.75) is 6.04 Å². The van der Waals surface area contributed by atoms with Gasteiger partial charge < -0.3 is 24.6 Å². The molecule has 0 aliphatic carbocycles. The fourth-order valence-electron chi connectivity index (χ4n) is 7.35. The van der Waals surface area contributed by atoms with E-state index in [1.54, 1.807) is 70.2 Å². The van der Waals surface area contributed by atoms with E-state index in [2.05, 4.69) is 20.5 Å². The molecular formula is C42H34Cl2N12O4S. The zero-order valence-electron chi connectivity index (χ0n) is 32.1. The van der Waals surface area contributed by atoms with Crippen molar-refractivity contribution in [2.75, 3.05) is 66.5 Å². The van der Waals surface area contributed by atoms with Gasteiger partial charge in [0.1, 0.15) is 0 Å². The second-order valence-electron chi connectivity index (χ2n) is 14.2. The lowest BCUT2D eigenvalue weighted by Crippen LogP contribution is -2.40. The van der Waals surface area contributed by atoms with Crippen molar-refractivity contribution in [3.63, 3.8) is 0 Å². The largest absolute Gasteiger partial charge is 0.378 e. The first-order valence-corrected chi connectivity index (χ1v) is 20.9. The van der Waals surface area contributed by atoms with Crippen LogP contribution in [0.5, 0.6) is 0 Å². The van der Waals surface area contributed by atoms with Crippen LogP contribution in [0.2, 0.25) is 10.0 Å². The van der Waals surface area contributed by atoms with E-state index in [-0.39, 0.29) is 5.91 Å². The van der Waals surface area contributed by atoms with Crippen LogP contribution in [0.3, 0.4) is 0 Å². The van der Waals surface area contributed by atoms with E-state index in [1.807, 2.05) is 46.7 Å². The molecule has 2 aliphatic heterocycles. The minimum atomic E-state index is -0.406. The molecule has 2 amide bonds. The van der Waals surface area contributed by atoms with Gasteiger partial charge in [-0.3, -0.25) is 19.9 Å². The molecule has 2 saturated heterocycles. The Morgan fingerprint density at radius 3 is 2.28 bits per heavy atom. The number of hydrogen-bond acceptors (Lipinski definition) is 13. The zero-order chi connectivity index (χ0) is 41.5. The number of imidazole rings is 2. The molecule has 0 bridgehead atoms. The van der Waals surface area contributed by atoms with Crippen LogP contribution in [0.15, 0.2) is 103 Å². The highest BCUT2D eigenvalue weighted by molar-refractivity contribution is 7.14. The molecule has 1 atom stereocenters. The van der Waals surface area contributed by atoms with Crippen molar-refractivity contribution in [1.29, 1.82) is 0 Å². The van der Waals surface area contributed by atoms with Crippen LogP contribution in [0.25, 0.3) is 33.8 Å². The summed E-state index contributed by atoms with van der Waals surface area (Å²) in [6.07, 6.45) is 6.76. The SMILES string of the molecule is O=C(Nc1cccnc1)c1cc(N2CCOCC2c2csc(NC(=O)c3cc(N4CCOCC4)nn4cc(-c5ccccc5Cl)nc34)n2)nn2cc(-c3cccc(Cl)c3)nc12. The molecule has 10 rings (SSSR count). The normalized spacial score (nSPS) is 15.7. The Labute approximate surface area is 361 Å². The molecule has 16 nitrogen and oxygen atoms in total. The van der Waals surface area contributed by atoms with Gasteiger partial charge >= 0.3 is 0 Å². The maximum atomic E-state index is 14.2. The first-order chi connectivity index (χ1) is 29.8. The Bertz CT molecular complexity index is 2930. The van der Waals surface area contributed by atoms with Crippen LogP contribution < -0.4 is 20.4 Å². The summed E-state index contributed by atoms with van der Waals surface area (Å²) in [5, 5.41) is 19.1. The summed E-state index contributed by atoms with van der Waals surface area (Å²) in [7, 11) is 0. The summed E-state index contributed by atoms with van der Waals surface area (Å²) in [6.45, 7) is 3.52. The van der Waals surface area contributed by atoms with Gasteiger partial charge in [-0.2, -0.15) is 0 Å². The standard InChI is InChI=1S/C42H34Cl2N12O4S/c43-26-6-3-5-25(17-26)32-21-55-38(47-32)30(40(57)46-27-7-4-10-45-20-27)19-37(52-55)54-13-16-60-23-35(54)34-24-61-42(49-34)50-41(58)29-18-36(53-11-14-59-15-12-53)51-56-22-33(48-39(29)56)28-8-1-2-9-31(28)44/h1-10,17-22,24,35H,11-16,23H2,(H,46,57)(H,49,50,58). The van der Waals surface area contributed by atoms with Crippen molar-refractivity contribution >= 4 is 80.1 Å². The number of aromatic nitrogens is 8. The number of ether oxygens (including phenoxy) is 2. The number of fused-ring (bicyclic) bond motifs is 2. The first kappa shape index (κ1) is 38.7. The Balaban J connectivity index is 0.971. The lowest BCUT2D eigenvalue weighted by atomic mass is 10.1. The Morgan fingerprint density at radius 1 is 0.754 bits per heavy atom. The van der Waals surface area contributed by atoms with Crippen LogP contribution in [-0.2, 0) is 9.47 Å². The predicted molar refractivity (Wildman–Crippen MR) is 233 cm³/mol. The number of benzene rings is 2. The van der Waals surface area contributed by atoms with E-state index in [1.165, 1.54) is 11.3 Å². The first-order valence-electron chi connectivity index (χ1n) is 19.3. The molecule has 2 aliphatic rings. The second kappa shape index (κ2) is 16.5. The number of nitrogens with one attached hydrogen (secondary N) is 2. The highest BCUT2D eigenvalue weighted by atomic mass is 35.5. The highest BCUT2D eigenvalue weighted by Gasteiger charge is 2.31. The van der Waals surface area contributed by atoms with Crippen molar-refractivity contribution in [3.8, 4) is 22.5 Å². The average Bonchev–Trinajstić information content (AvgIpc) is 4.05. The van der Waals surface area contributed by atoms with Crippen molar-refractivity contribution in [3.05, 3.63) is 130 Å². The number of halogens is 2. The number of nitrogens with zero attached hydrogens (tertiary/aromatic N) is 10. The summed E-state index contributed by atoms with van der Waals surface area (Å²) in [6, 6.07) is 21.3. The van der Waals surface area contributed by atoms with Gasteiger partial charge in [0.05, 0.1) is 90.0 Å². The van der Waals surface area contributed by atoms with E-state index in [4.69, 9.17) is 57.8 Å². The molecule has 306 valence electrons. The summed E-state index contributed by atoms with van der Waals surface area (Å²) < 4.78 is 14.8.